The lowest BCUT2D eigenvalue weighted by molar-refractivity contribution is 0.157. The molecule has 6 nitrogen and oxygen atoms in total. The van der Waals surface area contributed by atoms with E-state index in [9.17, 15) is 8.42 Å². The summed E-state index contributed by atoms with van der Waals surface area (Å²) in [7, 11) is -2.08. The van der Waals surface area contributed by atoms with Gasteiger partial charge in [0.05, 0.1) is 18.8 Å². The van der Waals surface area contributed by atoms with E-state index >= 15 is 0 Å². The van der Waals surface area contributed by atoms with Crippen LogP contribution in [-0.4, -0.2) is 31.9 Å². The predicted molar refractivity (Wildman–Crippen MR) is 50.2 cm³/mol. The summed E-state index contributed by atoms with van der Waals surface area (Å²) in [4.78, 5) is 0.0143. The van der Waals surface area contributed by atoms with E-state index in [-0.39, 0.29) is 10.9 Å². The molecule has 2 N–H and O–H groups in total. The van der Waals surface area contributed by atoms with E-state index in [0.717, 1.165) is 0 Å². The van der Waals surface area contributed by atoms with Gasteiger partial charge in [-0.2, -0.15) is 5.10 Å². The summed E-state index contributed by atoms with van der Waals surface area (Å²) >= 11 is 0. The molecule has 0 aliphatic rings. The molecule has 1 atom stereocenters. The molecule has 0 aliphatic carbocycles. The largest absolute Gasteiger partial charge is 0.382 e. The van der Waals surface area contributed by atoms with Crippen LogP contribution in [0.25, 0.3) is 0 Å². The molecule has 1 heterocycles. The molecule has 1 rings (SSSR count). The number of hydrogen-bond donors (Lipinski definition) is 1. The van der Waals surface area contributed by atoms with Crippen molar-refractivity contribution >= 4 is 10.0 Å². The topological polar surface area (TPSA) is 87.2 Å². The average Bonchev–Trinajstić information content (AvgIpc) is 2.51. The summed E-state index contributed by atoms with van der Waals surface area (Å²) in [6.07, 6.45) is 2.61. The molecule has 0 saturated heterocycles. The molecular formula is C7H13N3O3S. The number of hydrogen-bond acceptors (Lipinski definition) is 4. The lowest BCUT2D eigenvalue weighted by atomic mass is 10.4. The van der Waals surface area contributed by atoms with Crippen LogP contribution in [-0.2, 0) is 14.8 Å². The van der Waals surface area contributed by atoms with Gasteiger partial charge >= 0.3 is 0 Å². The molecule has 1 unspecified atom stereocenters. The van der Waals surface area contributed by atoms with Gasteiger partial charge in [-0.05, 0) is 6.92 Å². The van der Waals surface area contributed by atoms with Gasteiger partial charge in [0.1, 0.15) is 4.90 Å². The standard InChI is InChI=1S/C7H13N3O3S/c1-6(5-13-2)10-4-7(3-9-10)14(8,11)12/h3-4,6H,5H2,1-2H3,(H2,8,11,12). The Balaban J connectivity index is 2.88. The summed E-state index contributed by atoms with van der Waals surface area (Å²) in [5.74, 6) is 0. The first-order valence-corrected chi connectivity index (χ1v) is 5.55. The maximum absolute atomic E-state index is 10.9. The molecule has 0 aliphatic heterocycles. The maximum Gasteiger partial charge on any atom is 0.241 e. The minimum Gasteiger partial charge on any atom is -0.382 e. The number of nitrogens with zero attached hydrogens (tertiary/aromatic N) is 2. The van der Waals surface area contributed by atoms with Crippen molar-refractivity contribution in [2.24, 2.45) is 5.14 Å². The van der Waals surface area contributed by atoms with Crippen molar-refractivity contribution in [3.63, 3.8) is 0 Å². The summed E-state index contributed by atoms with van der Waals surface area (Å²) in [5.41, 5.74) is 0. The molecule has 0 aromatic carbocycles. The van der Waals surface area contributed by atoms with E-state index < -0.39 is 10.0 Å². The summed E-state index contributed by atoms with van der Waals surface area (Å²) in [6, 6.07) is -0.0181. The molecule has 0 spiro atoms. The van der Waals surface area contributed by atoms with Crippen molar-refractivity contribution in [2.75, 3.05) is 13.7 Å². The Morgan fingerprint density at radius 1 is 1.71 bits per heavy atom. The van der Waals surface area contributed by atoms with Crippen LogP contribution in [0.15, 0.2) is 17.3 Å². The Morgan fingerprint density at radius 2 is 2.36 bits per heavy atom. The summed E-state index contributed by atoms with van der Waals surface area (Å²) < 4.78 is 28.3. The van der Waals surface area contributed by atoms with E-state index in [0.29, 0.717) is 6.61 Å². The fourth-order valence-corrected chi connectivity index (χ4v) is 1.48. The highest BCUT2D eigenvalue weighted by molar-refractivity contribution is 7.89. The second-order valence-electron chi connectivity index (χ2n) is 3.01. The average molecular weight is 219 g/mol. The zero-order chi connectivity index (χ0) is 10.8. The van der Waals surface area contributed by atoms with E-state index in [1.54, 1.807) is 7.11 Å². The Kier molecular flexibility index (Phi) is 3.25. The fourth-order valence-electron chi connectivity index (χ4n) is 1.03. The number of primary sulfonamides is 1. The number of sulfonamides is 1. The Bertz CT molecular complexity index is 398. The van der Waals surface area contributed by atoms with Crippen LogP contribution in [0.2, 0.25) is 0 Å². The highest BCUT2D eigenvalue weighted by Crippen LogP contribution is 2.09. The van der Waals surface area contributed by atoms with Crippen molar-refractivity contribution in [3.05, 3.63) is 12.4 Å². The van der Waals surface area contributed by atoms with Crippen molar-refractivity contribution in [1.29, 1.82) is 0 Å². The van der Waals surface area contributed by atoms with Gasteiger partial charge in [0.15, 0.2) is 0 Å². The zero-order valence-corrected chi connectivity index (χ0v) is 8.86. The van der Waals surface area contributed by atoms with Crippen molar-refractivity contribution < 1.29 is 13.2 Å². The third-order valence-electron chi connectivity index (χ3n) is 1.77. The van der Waals surface area contributed by atoms with E-state index in [1.807, 2.05) is 6.92 Å². The second-order valence-corrected chi connectivity index (χ2v) is 4.57. The quantitative estimate of drug-likeness (QED) is 0.755. The highest BCUT2D eigenvalue weighted by atomic mass is 32.2. The third kappa shape index (κ3) is 2.53. The first-order chi connectivity index (χ1) is 6.45. The Labute approximate surface area is 82.7 Å². The molecule has 0 fully saturated rings. The van der Waals surface area contributed by atoms with Gasteiger partial charge in [-0.25, -0.2) is 13.6 Å². The van der Waals surface area contributed by atoms with Gasteiger partial charge in [-0.1, -0.05) is 0 Å². The van der Waals surface area contributed by atoms with Crippen LogP contribution in [0.3, 0.4) is 0 Å². The van der Waals surface area contributed by atoms with E-state index in [4.69, 9.17) is 9.88 Å². The summed E-state index contributed by atoms with van der Waals surface area (Å²) in [5, 5.41) is 8.81. The third-order valence-corrected chi connectivity index (χ3v) is 2.63. The van der Waals surface area contributed by atoms with Gasteiger partial charge < -0.3 is 4.74 Å². The lowest BCUT2D eigenvalue weighted by Gasteiger charge is -2.09. The van der Waals surface area contributed by atoms with Gasteiger partial charge in [-0.3, -0.25) is 4.68 Å². The van der Waals surface area contributed by atoms with Crippen LogP contribution in [0.5, 0.6) is 0 Å². The smallest absolute Gasteiger partial charge is 0.241 e. The minimum atomic E-state index is -3.65. The molecule has 1 aromatic heterocycles. The van der Waals surface area contributed by atoms with Crippen LogP contribution >= 0.6 is 0 Å². The number of methoxy groups -OCH3 is 1. The Hall–Kier alpha value is -0.920. The fraction of sp³-hybridized carbons (Fsp3) is 0.571. The molecule has 14 heavy (non-hydrogen) atoms. The molecule has 0 saturated carbocycles. The molecule has 0 amide bonds. The van der Waals surface area contributed by atoms with Crippen LogP contribution in [0.4, 0.5) is 0 Å². The first-order valence-electron chi connectivity index (χ1n) is 4.01. The van der Waals surface area contributed by atoms with Crippen LogP contribution < -0.4 is 5.14 Å². The number of ether oxygens (including phenoxy) is 1. The van der Waals surface area contributed by atoms with Crippen LogP contribution in [0.1, 0.15) is 13.0 Å². The number of nitrogens with two attached hydrogens (primary N) is 1. The number of rotatable bonds is 4. The monoisotopic (exact) mass is 219 g/mol. The van der Waals surface area contributed by atoms with Crippen molar-refractivity contribution in [1.82, 2.24) is 9.78 Å². The van der Waals surface area contributed by atoms with Crippen LogP contribution in [0, 0.1) is 0 Å². The SMILES string of the molecule is COCC(C)n1cc(S(N)(=O)=O)cn1. The van der Waals surface area contributed by atoms with E-state index in [1.165, 1.54) is 17.1 Å². The maximum atomic E-state index is 10.9. The van der Waals surface area contributed by atoms with Gasteiger partial charge in [0.2, 0.25) is 10.0 Å². The van der Waals surface area contributed by atoms with E-state index in [2.05, 4.69) is 5.10 Å². The van der Waals surface area contributed by atoms with Crippen molar-refractivity contribution in [3.8, 4) is 0 Å². The zero-order valence-electron chi connectivity index (χ0n) is 8.04. The lowest BCUT2D eigenvalue weighted by Crippen LogP contribution is -2.13. The molecule has 1 aromatic rings. The summed E-state index contributed by atoms with van der Waals surface area (Å²) in [6.45, 7) is 2.33. The Morgan fingerprint density at radius 3 is 2.79 bits per heavy atom. The van der Waals surface area contributed by atoms with Crippen molar-refractivity contribution in [2.45, 2.75) is 17.9 Å². The first kappa shape index (κ1) is 11.2. The highest BCUT2D eigenvalue weighted by Gasteiger charge is 2.13. The minimum absolute atomic E-state index is 0.0143. The molecule has 0 bridgehead atoms. The van der Waals surface area contributed by atoms with Gasteiger partial charge in [0.25, 0.3) is 0 Å². The normalized spacial score (nSPS) is 14.2. The molecule has 7 heteroatoms. The molecule has 80 valence electrons. The molecular weight excluding hydrogens is 206 g/mol. The van der Waals surface area contributed by atoms with Gasteiger partial charge in [0, 0.05) is 13.3 Å². The number of aromatic nitrogens is 2. The molecule has 0 radical (unpaired) electrons. The van der Waals surface area contributed by atoms with Gasteiger partial charge in [-0.15, -0.1) is 0 Å². The predicted octanol–water partition coefficient (Wildman–Crippen LogP) is -0.262. The second kappa shape index (κ2) is 4.07.